The first-order chi connectivity index (χ1) is 13.0. The Balaban J connectivity index is 1.66. The van der Waals surface area contributed by atoms with Gasteiger partial charge in [-0.3, -0.25) is 5.43 Å². The van der Waals surface area contributed by atoms with Gasteiger partial charge < -0.3 is 9.47 Å². The van der Waals surface area contributed by atoms with Gasteiger partial charge in [-0.1, -0.05) is 17.7 Å². The van der Waals surface area contributed by atoms with Crippen LogP contribution in [0.5, 0.6) is 11.5 Å². The highest BCUT2D eigenvalue weighted by Crippen LogP contribution is 2.29. The second-order valence-corrected chi connectivity index (χ2v) is 6.86. The second-order valence-electron chi connectivity index (χ2n) is 5.60. The lowest BCUT2D eigenvalue weighted by Gasteiger charge is -2.12. The Bertz CT molecular complexity index is 962. The van der Waals surface area contributed by atoms with Gasteiger partial charge in [0.2, 0.25) is 5.13 Å². The van der Waals surface area contributed by atoms with Crippen molar-refractivity contribution in [1.29, 1.82) is 0 Å². The van der Waals surface area contributed by atoms with Crippen LogP contribution in [0, 0.1) is 12.7 Å². The third kappa shape index (κ3) is 5.18. The Morgan fingerprint density at radius 1 is 1.26 bits per heavy atom. The molecule has 27 heavy (non-hydrogen) atoms. The first-order valence-electron chi connectivity index (χ1n) is 8.01. The van der Waals surface area contributed by atoms with E-state index in [9.17, 15) is 4.39 Å². The van der Waals surface area contributed by atoms with E-state index in [1.165, 1.54) is 23.5 Å². The van der Waals surface area contributed by atoms with Crippen molar-refractivity contribution in [2.24, 2.45) is 5.10 Å². The summed E-state index contributed by atoms with van der Waals surface area (Å²) in [5.41, 5.74) is 5.35. The van der Waals surface area contributed by atoms with Crippen molar-refractivity contribution in [2.45, 2.75) is 13.5 Å². The van der Waals surface area contributed by atoms with Crippen molar-refractivity contribution in [3.05, 3.63) is 69.4 Å². The zero-order chi connectivity index (χ0) is 19.2. The van der Waals surface area contributed by atoms with E-state index in [2.05, 4.69) is 15.5 Å². The van der Waals surface area contributed by atoms with E-state index >= 15 is 0 Å². The second kappa shape index (κ2) is 8.83. The lowest BCUT2D eigenvalue weighted by atomic mass is 10.2. The van der Waals surface area contributed by atoms with Crippen LogP contribution < -0.4 is 14.9 Å². The predicted molar refractivity (Wildman–Crippen MR) is 107 cm³/mol. The summed E-state index contributed by atoms with van der Waals surface area (Å²) in [6.45, 7) is 2.13. The number of ether oxygens (including phenoxy) is 2. The van der Waals surface area contributed by atoms with Gasteiger partial charge >= 0.3 is 0 Å². The van der Waals surface area contributed by atoms with Crippen molar-refractivity contribution in [3.8, 4) is 11.5 Å². The van der Waals surface area contributed by atoms with E-state index < -0.39 is 0 Å². The molecule has 3 aromatic rings. The number of hydrogen-bond donors (Lipinski definition) is 1. The van der Waals surface area contributed by atoms with Gasteiger partial charge in [0.1, 0.15) is 12.4 Å². The van der Waals surface area contributed by atoms with Gasteiger partial charge in [-0.05, 0) is 42.8 Å². The number of aromatic nitrogens is 1. The Morgan fingerprint density at radius 2 is 2.11 bits per heavy atom. The topological polar surface area (TPSA) is 55.7 Å². The van der Waals surface area contributed by atoms with E-state index in [-0.39, 0.29) is 12.4 Å². The molecule has 3 rings (SSSR count). The number of nitrogens with one attached hydrogen (secondary N) is 1. The minimum absolute atomic E-state index is 0.202. The smallest absolute Gasteiger partial charge is 0.203 e. The molecule has 0 bridgehead atoms. The maximum atomic E-state index is 13.1. The van der Waals surface area contributed by atoms with Gasteiger partial charge in [0, 0.05) is 10.9 Å². The van der Waals surface area contributed by atoms with Gasteiger partial charge in [-0.25, -0.2) is 9.37 Å². The van der Waals surface area contributed by atoms with E-state index in [0.29, 0.717) is 22.1 Å². The molecule has 0 fully saturated rings. The first kappa shape index (κ1) is 19.1. The van der Waals surface area contributed by atoms with Crippen LogP contribution in [0.3, 0.4) is 0 Å². The summed E-state index contributed by atoms with van der Waals surface area (Å²) in [6, 6.07) is 9.64. The Morgan fingerprint density at radius 3 is 2.81 bits per heavy atom. The summed E-state index contributed by atoms with van der Waals surface area (Å²) in [4.78, 5) is 4.27. The molecule has 0 amide bonds. The molecule has 0 saturated carbocycles. The quantitative estimate of drug-likeness (QED) is 0.429. The van der Waals surface area contributed by atoms with Crippen LogP contribution in [0.4, 0.5) is 9.52 Å². The summed E-state index contributed by atoms with van der Waals surface area (Å²) < 4.78 is 24.3. The molecule has 0 unspecified atom stereocenters. The minimum Gasteiger partial charge on any atom is -0.493 e. The summed E-state index contributed by atoms with van der Waals surface area (Å²) in [5, 5.41) is 7.16. The maximum Gasteiger partial charge on any atom is 0.203 e. The van der Waals surface area contributed by atoms with Crippen LogP contribution in [-0.2, 0) is 6.61 Å². The highest BCUT2D eigenvalue weighted by Gasteiger charge is 2.08. The van der Waals surface area contributed by atoms with Crippen molar-refractivity contribution in [2.75, 3.05) is 12.5 Å². The number of benzene rings is 2. The molecular formula is C19H17ClFN3O2S. The molecule has 0 spiro atoms. The van der Waals surface area contributed by atoms with Crippen LogP contribution in [0.15, 0.2) is 46.9 Å². The number of halogens is 2. The summed E-state index contributed by atoms with van der Waals surface area (Å²) >= 11 is 7.51. The van der Waals surface area contributed by atoms with Crippen molar-refractivity contribution < 1.29 is 13.9 Å². The van der Waals surface area contributed by atoms with Crippen LogP contribution in [-0.4, -0.2) is 18.3 Å². The fourth-order valence-corrected chi connectivity index (χ4v) is 3.10. The first-order valence-corrected chi connectivity index (χ1v) is 9.27. The van der Waals surface area contributed by atoms with Gasteiger partial charge in [-0.15, -0.1) is 11.3 Å². The molecule has 0 aliphatic heterocycles. The standard InChI is InChI=1S/C19H17ClFN3O2S/c1-12-11-27-19(23-12)24-22-9-13-3-6-17(18(7-13)25-2)26-10-14-4-5-15(21)8-16(14)20/h3-9,11H,10H2,1-2H3,(H,23,24). The molecule has 1 N–H and O–H groups in total. The highest BCUT2D eigenvalue weighted by atomic mass is 35.5. The molecule has 0 aliphatic carbocycles. The number of nitrogens with zero attached hydrogens (tertiary/aromatic N) is 2. The van der Waals surface area contributed by atoms with Crippen LogP contribution in [0.25, 0.3) is 0 Å². The van der Waals surface area contributed by atoms with Gasteiger partial charge in [0.15, 0.2) is 11.5 Å². The lowest BCUT2D eigenvalue weighted by Crippen LogP contribution is -1.99. The van der Waals surface area contributed by atoms with Gasteiger partial charge in [0.05, 0.1) is 24.0 Å². The monoisotopic (exact) mass is 405 g/mol. The zero-order valence-electron chi connectivity index (χ0n) is 14.7. The highest BCUT2D eigenvalue weighted by molar-refractivity contribution is 7.13. The largest absolute Gasteiger partial charge is 0.493 e. The summed E-state index contributed by atoms with van der Waals surface area (Å²) in [6.07, 6.45) is 1.67. The molecule has 0 saturated heterocycles. The fourth-order valence-electron chi connectivity index (χ4n) is 2.25. The fraction of sp³-hybridized carbons (Fsp3) is 0.158. The van der Waals surface area contributed by atoms with E-state index in [1.807, 2.05) is 18.4 Å². The number of aryl methyl sites for hydroxylation is 1. The molecule has 8 heteroatoms. The van der Waals surface area contributed by atoms with Crippen LogP contribution in [0.2, 0.25) is 5.02 Å². The molecule has 0 aliphatic rings. The van der Waals surface area contributed by atoms with Crippen molar-refractivity contribution >= 4 is 34.3 Å². The zero-order valence-corrected chi connectivity index (χ0v) is 16.3. The van der Waals surface area contributed by atoms with E-state index in [4.69, 9.17) is 21.1 Å². The average Bonchev–Trinajstić information content (AvgIpc) is 3.06. The third-order valence-corrected chi connectivity index (χ3v) is 4.80. The normalized spacial score (nSPS) is 11.0. The lowest BCUT2D eigenvalue weighted by molar-refractivity contribution is 0.284. The van der Waals surface area contributed by atoms with E-state index in [0.717, 1.165) is 16.4 Å². The average molecular weight is 406 g/mol. The number of rotatable bonds is 7. The van der Waals surface area contributed by atoms with Crippen LogP contribution in [0.1, 0.15) is 16.8 Å². The number of thiazole rings is 1. The number of hydrazone groups is 1. The molecule has 0 atom stereocenters. The number of anilines is 1. The summed E-state index contributed by atoms with van der Waals surface area (Å²) in [7, 11) is 1.56. The Labute approximate surface area is 165 Å². The van der Waals surface area contributed by atoms with Gasteiger partial charge in [0.25, 0.3) is 0 Å². The third-order valence-electron chi connectivity index (χ3n) is 3.58. The van der Waals surface area contributed by atoms with Crippen molar-refractivity contribution in [1.82, 2.24) is 4.98 Å². The van der Waals surface area contributed by atoms with Crippen molar-refractivity contribution in [3.63, 3.8) is 0 Å². The molecule has 1 aromatic heterocycles. The van der Waals surface area contributed by atoms with Crippen LogP contribution >= 0.6 is 22.9 Å². The number of hydrogen-bond acceptors (Lipinski definition) is 6. The molecular weight excluding hydrogens is 389 g/mol. The van der Waals surface area contributed by atoms with Gasteiger partial charge in [-0.2, -0.15) is 5.10 Å². The Kier molecular flexibility index (Phi) is 6.26. The molecule has 140 valence electrons. The Hall–Kier alpha value is -2.64. The molecule has 2 aromatic carbocycles. The summed E-state index contributed by atoms with van der Waals surface area (Å²) in [5.74, 6) is 0.729. The maximum absolute atomic E-state index is 13.1. The minimum atomic E-state index is -0.383. The number of methoxy groups -OCH3 is 1. The predicted octanol–water partition coefficient (Wildman–Crippen LogP) is 5.28. The molecule has 0 radical (unpaired) electrons. The SMILES string of the molecule is COc1cc(C=NNc2nc(C)cs2)ccc1OCc1ccc(F)cc1Cl. The molecule has 5 nitrogen and oxygen atoms in total. The van der Waals surface area contributed by atoms with E-state index in [1.54, 1.807) is 31.5 Å². The molecule has 1 heterocycles.